The lowest BCUT2D eigenvalue weighted by molar-refractivity contribution is 0.919. The zero-order valence-electron chi connectivity index (χ0n) is 4.46. The lowest BCUT2D eigenvalue weighted by atomic mass is 10.5. The zero-order chi connectivity index (χ0) is 5.54. The van der Waals surface area contributed by atoms with Gasteiger partial charge in [-0.15, -0.1) is 0 Å². The van der Waals surface area contributed by atoms with Crippen LogP contribution in [0.5, 0.6) is 0 Å². The summed E-state index contributed by atoms with van der Waals surface area (Å²) in [5.41, 5.74) is 7.76. The lowest BCUT2D eigenvalue weighted by Crippen LogP contribution is -1.74. The van der Waals surface area contributed by atoms with E-state index >= 15 is 0 Å². The van der Waals surface area contributed by atoms with Crippen LogP contribution in [0.25, 0.3) is 10.4 Å². The Hall–Kier alpha value is -0.473. The van der Waals surface area contributed by atoms with Crippen molar-refractivity contribution in [2.75, 3.05) is 6.54 Å². The fraction of sp³-hybridized carbons (Fsp3) is 1.00. The maximum atomic E-state index is 7.76. The Morgan fingerprint density at radius 2 is 2.43 bits per heavy atom. The second-order valence-electron chi connectivity index (χ2n) is 1.31. The number of azide groups is 1. The molecule has 0 aromatic heterocycles. The Morgan fingerprint density at radius 1 is 1.71 bits per heavy atom. The Morgan fingerprint density at radius 3 is 2.86 bits per heavy atom. The summed E-state index contributed by atoms with van der Waals surface area (Å²) in [4.78, 5) is 2.61. The summed E-state index contributed by atoms with van der Waals surface area (Å²) in [6.45, 7) is 0.681. The van der Waals surface area contributed by atoms with Crippen LogP contribution in [0.15, 0.2) is 5.11 Å². The van der Waals surface area contributed by atoms with Crippen molar-refractivity contribution in [3.63, 3.8) is 0 Å². The summed E-state index contributed by atoms with van der Waals surface area (Å²) >= 11 is 0. The van der Waals surface area contributed by atoms with Crippen molar-refractivity contribution in [2.45, 2.75) is 12.5 Å². The van der Waals surface area contributed by atoms with Crippen LogP contribution in [0.3, 0.4) is 0 Å². The summed E-state index contributed by atoms with van der Waals surface area (Å²) < 4.78 is 0. The van der Waals surface area contributed by atoms with E-state index in [0.29, 0.717) is 6.54 Å². The van der Waals surface area contributed by atoms with Crippen LogP contribution >= 0.6 is 0 Å². The molecule has 0 aromatic carbocycles. The van der Waals surface area contributed by atoms with Crippen molar-refractivity contribution in [3.8, 4) is 0 Å². The molecule has 0 rings (SSSR count). The smallest absolute Gasteiger partial charge is 0.0254 e. The standard InChI is InChI=1S/C3H9N3Si/c4-6-5-2-1-3-7/h1-3H2,7H3. The van der Waals surface area contributed by atoms with Gasteiger partial charge >= 0.3 is 0 Å². The minimum absolute atomic E-state index is 0.681. The number of rotatable bonds is 3. The normalized spacial score (nSPS) is 8.00. The first-order valence-corrected chi connectivity index (χ1v) is 3.84. The highest BCUT2D eigenvalue weighted by atomic mass is 28.1. The molecule has 0 spiro atoms. The van der Waals surface area contributed by atoms with Gasteiger partial charge in [0.2, 0.25) is 0 Å². The molecule has 0 amide bonds. The molecular formula is C3H9N3Si. The molecule has 0 radical (unpaired) electrons. The van der Waals surface area contributed by atoms with Gasteiger partial charge in [-0.3, -0.25) is 0 Å². The van der Waals surface area contributed by atoms with Crippen molar-refractivity contribution in [3.05, 3.63) is 10.4 Å². The van der Waals surface area contributed by atoms with Gasteiger partial charge in [0.05, 0.1) is 0 Å². The minimum atomic E-state index is 0.681. The van der Waals surface area contributed by atoms with Gasteiger partial charge in [-0.05, 0) is 5.53 Å². The summed E-state index contributed by atoms with van der Waals surface area (Å²) in [7, 11) is 1.22. The molecule has 0 aliphatic carbocycles. The number of hydrogen-bond donors (Lipinski definition) is 0. The van der Waals surface area contributed by atoms with Crippen LogP contribution in [-0.4, -0.2) is 16.8 Å². The summed E-state index contributed by atoms with van der Waals surface area (Å²) in [5, 5.41) is 3.36. The highest BCUT2D eigenvalue weighted by Gasteiger charge is 1.74. The highest BCUT2D eigenvalue weighted by molar-refractivity contribution is 6.08. The molecule has 0 saturated carbocycles. The fourth-order valence-electron chi connectivity index (χ4n) is 0.274. The molecule has 0 heterocycles. The van der Waals surface area contributed by atoms with E-state index in [9.17, 15) is 0 Å². The van der Waals surface area contributed by atoms with Gasteiger partial charge in [0.25, 0.3) is 0 Å². The maximum Gasteiger partial charge on any atom is 0.0254 e. The molecule has 0 atom stereocenters. The van der Waals surface area contributed by atoms with Crippen LogP contribution in [0, 0.1) is 0 Å². The van der Waals surface area contributed by atoms with Crippen molar-refractivity contribution < 1.29 is 0 Å². The molecule has 0 fully saturated rings. The largest absolute Gasteiger partial charge is 0.0940 e. The highest BCUT2D eigenvalue weighted by Crippen LogP contribution is 1.83. The lowest BCUT2D eigenvalue weighted by Gasteiger charge is -1.80. The molecule has 0 aliphatic heterocycles. The van der Waals surface area contributed by atoms with Crippen LogP contribution in [0.1, 0.15) is 6.42 Å². The van der Waals surface area contributed by atoms with Gasteiger partial charge < -0.3 is 0 Å². The van der Waals surface area contributed by atoms with Crippen LogP contribution in [0.2, 0.25) is 6.04 Å². The van der Waals surface area contributed by atoms with Gasteiger partial charge in [-0.2, -0.15) is 0 Å². The average Bonchev–Trinajstić information content (AvgIpc) is 1.69. The Labute approximate surface area is 45.8 Å². The van der Waals surface area contributed by atoms with E-state index in [4.69, 9.17) is 5.53 Å². The van der Waals surface area contributed by atoms with Crippen LogP contribution < -0.4 is 0 Å². The van der Waals surface area contributed by atoms with Gasteiger partial charge in [0.1, 0.15) is 0 Å². The quantitative estimate of drug-likeness (QED) is 0.169. The monoisotopic (exact) mass is 115 g/mol. The topological polar surface area (TPSA) is 48.8 Å². The molecule has 0 aliphatic rings. The van der Waals surface area contributed by atoms with Gasteiger partial charge in [-0.1, -0.05) is 17.6 Å². The third-order valence-corrected chi connectivity index (χ3v) is 1.38. The molecule has 0 bridgehead atoms. The first-order valence-electron chi connectivity index (χ1n) is 2.42. The van der Waals surface area contributed by atoms with Crippen molar-refractivity contribution in [1.29, 1.82) is 0 Å². The van der Waals surface area contributed by atoms with Gasteiger partial charge in [0, 0.05) is 21.7 Å². The third-order valence-electron chi connectivity index (χ3n) is 0.675. The Balaban J connectivity index is 2.83. The molecule has 4 heteroatoms. The Bertz CT molecular complexity index is 76.2. The second kappa shape index (κ2) is 5.53. The van der Waals surface area contributed by atoms with Gasteiger partial charge in [-0.25, -0.2) is 0 Å². The molecule has 40 valence electrons. The van der Waals surface area contributed by atoms with E-state index in [2.05, 4.69) is 10.0 Å². The van der Waals surface area contributed by atoms with E-state index in [1.165, 1.54) is 16.3 Å². The molecule has 0 N–H and O–H groups in total. The number of hydrogen-bond acceptors (Lipinski definition) is 1. The summed E-state index contributed by atoms with van der Waals surface area (Å²) in [6, 6.07) is 1.24. The summed E-state index contributed by atoms with van der Waals surface area (Å²) in [5.74, 6) is 0. The fourth-order valence-corrected chi connectivity index (χ4v) is 0.590. The van der Waals surface area contributed by atoms with E-state index in [1.807, 2.05) is 0 Å². The molecule has 0 unspecified atom stereocenters. The molecule has 7 heavy (non-hydrogen) atoms. The summed E-state index contributed by atoms with van der Waals surface area (Å²) in [6.07, 6.45) is 1.07. The minimum Gasteiger partial charge on any atom is -0.0940 e. The predicted octanol–water partition coefficient (Wildman–Crippen LogP) is 0.470. The molecule has 0 aromatic rings. The molecule has 0 saturated heterocycles. The van der Waals surface area contributed by atoms with Crippen molar-refractivity contribution in [1.82, 2.24) is 0 Å². The molecular weight excluding hydrogens is 106 g/mol. The Kier molecular flexibility index (Phi) is 5.15. The van der Waals surface area contributed by atoms with Crippen molar-refractivity contribution >= 4 is 10.2 Å². The second-order valence-corrected chi connectivity index (χ2v) is 2.31. The van der Waals surface area contributed by atoms with E-state index in [0.717, 1.165) is 6.42 Å². The predicted molar refractivity (Wildman–Crippen MR) is 33.4 cm³/mol. The zero-order valence-corrected chi connectivity index (χ0v) is 6.46. The first kappa shape index (κ1) is 6.53. The van der Waals surface area contributed by atoms with E-state index in [-0.39, 0.29) is 0 Å². The SMILES string of the molecule is [N-]=[N+]=NCCC[SiH3]. The molecule has 3 nitrogen and oxygen atoms in total. The maximum absolute atomic E-state index is 7.76. The van der Waals surface area contributed by atoms with Gasteiger partial charge in [0.15, 0.2) is 0 Å². The van der Waals surface area contributed by atoms with Crippen LogP contribution in [0.4, 0.5) is 0 Å². The first-order chi connectivity index (χ1) is 3.41. The van der Waals surface area contributed by atoms with Crippen molar-refractivity contribution in [2.24, 2.45) is 5.11 Å². The van der Waals surface area contributed by atoms with E-state index in [1.54, 1.807) is 0 Å². The van der Waals surface area contributed by atoms with E-state index < -0.39 is 0 Å². The average molecular weight is 115 g/mol. The third kappa shape index (κ3) is 5.53. The number of nitrogens with zero attached hydrogens (tertiary/aromatic N) is 3. The van der Waals surface area contributed by atoms with Crippen LogP contribution in [-0.2, 0) is 0 Å².